The first kappa shape index (κ1) is 22.7. The minimum absolute atomic E-state index is 0.0828. The van der Waals surface area contributed by atoms with Crippen molar-refractivity contribution in [2.45, 2.75) is 66.2 Å². The van der Waals surface area contributed by atoms with Crippen molar-refractivity contribution >= 4 is 11.4 Å². The molecule has 0 N–H and O–H groups in total. The topological polar surface area (TPSA) is 17.1 Å². The molecule has 1 nitrogen and oxygen atoms in total. The molecular weight excluding hydrogens is 352 g/mol. The zero-order valence-electron chi connectivity index (χ0n) is 18.4. The fourth-order valence-corrected chi connectivity index (χ4v) is 3.35. The lowest BCUT2D eigenvalue weighted by molar-refractivity contribution is 0.101. The van der Waals surface area contributed by atoms with Crippen LogP contribution >= 0.6 is 0 Å². The smallest absolute Gasteiger partial charge is 0.159 e. The SMILES string of the molecule is CCCCC(/C=C(/C#Cc1ccc(C(C)=O)cc1)c1ccc(C)cc1)CCCC. The van der Waals surface area contributed by atoms with Gasteiger partial charge >= 0.3 is 0 Å². The van der Waals surface area contributed by atoms with Crippen LogP contribution < -0.4 is 0 Å². The van der Waals surface area contributed by atoms with E-state index < -0.39 is 0 Å². The zero-order chi connectivity index (χ0) is 21.1. The predicted molar refractivity (Wildman–Crippen MR) is 125 cm³/mol. The maximum Gasteiger partial charge on any atom is 0.159 e. The second-order valence-corrected chi connectivity index (χ2v) is 7.87. The summed E-state index contributed by atoms with van der Waals surface area (Å²) in [6.07, 6.45) is 9.81. The third kappa shape index (κ3) is 7.74. The van der Waals surface area contributed by atoms with Gasteiger partial charge in [0.2, 0.25) is 0 Å². The van der Waals surface area contributed by atoms with Crippen molar-refractivity contribution in [1.29, 1.82) is 0 Å². The van der Waals surface area contributed by atoms with Crippen molar-refractivity contribution in [3.63, 3.8) is 0 Å². The Morgan fingerprint density at radius 1 is 0.897 bits per heavy atom. The summed E-state index contributed by atoms with van der Waals surface area (Å²) in [6.45, 7) is 8.21. The van der Waals surface area contributed by atoms with Gasteiger partial charge in [0.05, 0.1) is 0 Å². The monoisotopic (exact) mass is 386 g/mol. The van der Waals surface area contributed by atoms with Gasteiger partial charge < -0.3 is 0 Å². The van der Waals surface area contributed by atoms with Crippen LogP contribution in [0.15, 0.2) is 54.6 Å². The van der Waals surface area contributed by atoms with Crippen LogP contribution in [0.5, 0.6) is 0 Å². The molecule has 0 amide bonds. The molecule has 0 atom stereocenters. The number of hydrogen-bond donors (Lipinski definition) is 0. The van der Waals surface area contributed by atoms with Gasteiger partial charge in [0.1, 0.15) is 0 Å². The van der Waals surface area contributed by atoms with Gasteiger partial charge in [-0.15, -0.1) is 0 Å². The standard InChI is InChI=1S/C28H34O/c1-5-7-9-25(10-8-6-2)21-28(27-16-11-22(3)12-17-27)20-15-24-13-18-26(19-14-24)23(4)29/h11-14,16-19,21,25H,5-10H2,1-4H3/b28-21-. The minimum Gasteiger partial charge on any atom is -0.295 e. The number of ketones is 1. The van der Waals surface area contributed by atoms with E-state index in [2.05, 4.69) is 63.0 Å². The van der Waals surface area contributed by atoms with E-state index in [-0.39, 0.29) is 5.78 Å². The summed E-state index contributed by atoms with van der Waals surface area (Å²) in [7, 11) is 0. The van der Waals surface area contributed by atoms with Crippen LogP contribution in [0.4, 0.5) is 0 Å². The Morgan fingerprint density at radius 2 is 1.45 bits per heavy atom. The molecule has 0 radical (unpaired) electrons. The van der Waals surface area contributed by atoms with Gasteiger partial charge in [-0.05, 0) is 50.3 Å². The predicted octanol–water partition coefficient (Wildman–Crippen LogP) is 7.63. The molecular formula is C28H34O. The lowest BCUT2D eigenvalue weighted by Crippen LogP contribution is -1.98. The summed E-state index contributed by atoms with van der Waals surface area (Å²) in [6, 6.07) is 16.2. The van der Waals surface area contributed by atoms with Crippen LogP contribution in [-0.2, 0) is 0 Å². The van der Waals surface area contributed by atoms with E-state index in [0.29, 0.717) is 5.92 Å². The third-order valence-electron chi connectivity index (χ3n) is 5.25. The summed E-state index contributed by atoms with van der Waals surface area (Å²) in [5.41, 5.74) is 5.21. The van der Waals surface area contributed by atoms with Gasteiger partial charge in [0.25, 0.3) is 0 Å². The van der Waals surface area contributed by atoms with Gasteiger partial charge in [0, 0.05) is 16.7 Å². The highest BCUT2D eigenvalue weighted by atomic mass is 16.1. The highest BCUT2D eigenvalue weighted by molar-refractivity contribution is 5.94. The minimum atomic E-state index is 0.0828. The molecule has 2 aromatic carbocycles. The Balaban J connectivity index is 2.36. The van der Waals surface area contributed by atoms with Gasteiger partial charge in [-0.3, -0.25) is 4.79 Å². The summed E-state index contributed by atoms with van der Waals surface area (Å²) in [5.74, 6) is 7.39. The van der Waals surface area contributed by atoms with Crippen LogP contribution in [-0.4, -0.2) is 5.78 Å². The molecule has 0 saturated heterocycles. The van der Waals surface area contributed by atoms with Crippen LogP contribution in [0, 0.1) is 24.7 Å². The largest absolute Gasteiger partial charge is 0.295 e. The second-order valence-electron chi connectivity index (χ2n) is 7.87. The van der Waals surface area contributed by atoms with Crippen LogP contribution in [0.3, 0.4) is 0 Å². The second kappa shape index (κ2) is 12.1. The molecule has 0 unspecified atom stereocenters. The Bertz CT molecular complexity index is 849. The molecule has 2 rings (SSSR count). The molecule has 1 heteroatoms. The van der Waals surface area contributed by atoms with E-state index in [1.165, 1.54) is 49.7 Å². The number of carbonyl (C=O) groups is 1. The normalized spacial score (nSPS) is 11.3. The molecule has 29 heavy (non-hydrogen) atoms. The molecule has 0 aromatic heterocycles. The fourth-order valence-electron chi connectivity index (χ4n) is 3.35. The van der Waals surface area contributed by atoms with E-state index in [1.54, 1.807) is 6.92 Å². The van der Waals surface area contributed by atoms with Crippen molar-refractivity contribution in [3.05, 3.63) is 76.9 Å². The number of Topliss-reactive ketones (excluding diaryl/α,β-unsaturated/α-hetero) is 1. The molecule has 152 valence electrons. The zero-order valence-corrected chi connectivity index (χ0v) is 18.4. The molecule has 0 fully saturated rings. The van der Waals surface area contributed by atoms with Gasteiger partial charge in [-0.2, -0.15) is 0 Å². The average Bonchev–Trinajstić information content (AvgIpc) is 2.73. The van der Waals surface area contributed by atoms with Crippen molar-refractivity contribution in [3.8, 4) is 11.8 Å². The maximum atomic E-state index is 11.5. The number of benzene rings is 2. The first-order valence-electron chi connectivity index (χ1n) is 10.9. The van der Waals surface area contributed by atoms with Crippen molar-refractivity contribution in [2.24, 2.45) is 5.92 Å². The number of allylic oxidation sites excluding steroid dienone is 2. The number of hydrogen-bond acceptors (Lipinski definition) is 1. The molecule has 2 aromatic rings. The van der Waals surface area contributed by atoms with E-state index in [1.807, 2.05) is 24.3 Å². The lowest BCUT2D eigenvalue weighted by atomic mass is 9.91. The highest BCUT2D eigenvalue weighted by Gasteiger charge is 2.08. The highest BCUT2D eigenvalue weighted by Crippen LogP contribution is 2.24. The Labute approximate surface area is 177 Å². The molecule has 0 spiro atoms. The Hall–Kier alpha value is -2.59. The van der Waals surface area contributed by atoms with Crippen molar-refractivity contribution < 1.29 is 4.79 Å². The first-order valence-corrected chi connectivity index (χ1v) is 10.9. The van der Waals surface area contributed by atoms with E-state index >= 15 is 0 Å². The quantitative estimate of drug-likeness (QED) is 0.320. The lowest BCUT2D eigenvalue weighted by Gasteiger charge is -2.13. The van der Waals surface area contributed by atoms with Crippen LogP contribution in [0.2, 0.25) is 0 Å². The average molecular weight is 387 g/mol. The van der Waals surface area contributed by atoms with Crippen molar-refractivity contribution in [2.75, 3.05) is 0 Å². The van der Waals surface area contributed by atoms with Crippen LogP contribution in [0.25, 0.3) is 5.57 Å². The van der Waals surface area contributed by atoms with Gasteiger partial charge in [0.15, 0.2) is 5.78 Å². The molecule has 0 saturated carbocycles. The molecule has 0 aliphatic carbocycles. The third-order valence-corrected chi connectivity index (χ3v) is 5.25. The van der Waals surface area contributed by atoms with Gasteiger partial charge in [-0.25, -0.2) is 0 Å². The Kier molecular flexibility index (Phi) is 9.45. The number of aryl methyl sites for hydroxylation is 1. The van der Waals surface area contributed by atoms with Crippen LogP contribution in [0.1, 0.15) is 86.3 Å². The molecule has 0 aliphatic rings. The van der Waals surface area contributed by atoms with E-state index in [4.69, 9.17) is 0 Å². The molecule has 0 heterocycles. The summed E-state index contributed by atoms with van der Waals surface area (Å²) >= 11 is 0. The number of unbranched alkanes of at least 4 members (excludes halogenated alkanes) is 2. The van der Waals surface area contributed by atoms with Crippen molar-refractivity contribution in [1.82, 2.24) is 0 Å². The maximum absolute atomic E-state index is 11.5. The Morgan fingerprint density at radius 3 is 1.97 bits per heavy atom. The molecule has 0 aliphatic heterocycles. The van der Waals surface area contributed by atoms with E-state index in [0.717, 1.165) is 16.7 Å². The summed E-state index contributed by atoms with van der Waals surface area (Å²) < 4.78 is 0. The first-order chi connectivity index (χ1) is 14.0. The molecule has 0 bridgehead atoms. The van der Waals surface area contributed by atoms with Gasteiger partial charge in [-0.1, -0.05) is 99.4 Å². The fraction of sp³-hybridized carbons (Fsp3) is 0.393. The number of carbonyl (C=O) groups excluding carboxylic acids is 1. The van der Waals surface area contributed by atoms with E-state index in [9.17, 15) is 4.79 Å². The number of rotatable bonds is 9. The summed E-state index contributed by atoms with van der Waals surface area (Å²) in [5, 5.41) is 0. The summed E-state index contributed by atoms with van der Waals surface area (Å²) in [4.78, 5) is 11.5.